The highest BCUT2D eigenvalue weighted by Gasteiger charge is 2.38. The number of rotatable bonds is 4. The molecule has 1 unspecified atom stereocenters. The van der Waals surface area contributed by atoms with Crippen molar-refractivity contribution in [1.82, 2.24) is 9.55 Å². The molecule has 1 aliphatic carbocycles. The molecule has 1 saturated carbocycles. The predicted molar refractivity (Wildman–Crippen MR) is 101 cm³/mol. The molecular weight excluding hydrogens is 354 g/mol. The normalized spacial score (nSPS) is 31.9. The zero-order valence-electron chi connectivity index (χ0n) is 15.5. The van der Waals surface area contributed by atoms with Crippen molar-refractivity contribution in [2.24, 2.45) is 17.8 Å². The zero-order valence-corrected chi connectivity index (χ0v) is 16.3. The third kappa shape index (κ3) is 4.23. The van der Waals surface area contributed by atoms with Crippen LogP contribution in [-0.2, 0) is 14.3 Å². The first-order valence-corrected chi connectivity index (χ1v) is 10.2. The lowest BCUT2D eigenvalue weighted by molar-refractivity contribution is -0.166. The van der Waals surface area contributed by atoms with E-state index >= 15 is 0 Å². The van der Waals surface area contributed by atoms with E-state index in [2.05, 4.69) is 25.8 Å². The van der Waals surface area contributed by atoms with Gasteiger partial charge in [-0.2, -0.15) is 4.98 Å². The Kier molecular flexibility index (Phi) is 5.92. The van der Waals surface area contributed by atoms with Gasteiger partial charge in [0.05, 0.1) is 0 Å². The quantitative estimate of drug-likeness (QED) is 0.800. The minimum Gasteiger partial charge on any atom is -0.459 e. The number of nitrogens with zero attached hydrogens (tertiary/aromatic N) is 2. The van der Waals surface area contributed by atoms with Crippen molar-refractivity contribution >= 4 is 23.5 Å². The molecule has 1 saturated heterocycles. The highest BCUT2D eigenvalue weighted by atomic mass is 32.2. The number of carbonyl (C=O) groups is 1. The Hall–Kier alpha value is -1.54. The van der Waals surface area contributed by atoms with E-state index in [1.807, 2.05) is 0 Å². The maximum Gasteiger partial charge on any atom is 0.351 e. The molecule has 0 aromatic carbocycles. The summed E-state index contributed by atoms with van der Waals surface area (Å²) in [5.74, 6) is 1.73. The molecule has 26 heavy (non-hydrogen) atoms. The summed E-state index contributed by atoms with van der Waals surface area (Å²) in [6, 6.07) is 1.54. The molecule has 2 aliphatic rings. The first kappa shape index (κ1) is 19.2. The number of anilines is 1. The fourth-order valence-electron chi connectivity index (χ4n) is 3.76. The van der Waals surface area contributed by atoms with Crippen LogP contribution >= 0.6 is 11.8 Å². The largest absolute Gasteiger partial charge is 0.459 e. The van der Waals surface area contributed by atoms with Gasteiger partial charge in [-0.25, -0.2) is 9.59 Å². The standard InChI is InChI=1S/C18H27N3O4S/c1-10(2)12-5-4-11(3)8-13(12)24-16(22)17-25-15(9-26-17)21-7-6-14(19)20-18(21)23/h6-7,10-13,15,17H,4-5,8-9H2,1-3H3,(H2,19,20,23)/t11-,12+,13-,15-,17?/m1/s1. The highest BCUT2D eigenvalue weighted by molar-refractivity contribution is 8.00. The van der Waals surface area contributed by atoms with Crippen molar-refractivity contribution in [1.29, 1.82) is 0 Å². The van der Waals surface area contributed by atoms with E-state index in [0.717, 1.165) is 12.8 Å². The van der Waals surface area contributed by atoms with Crippen molar-refractivity contribution in [2.45, 2.75) is 57.8 Å². The Labute approximate surface area is 157 Å². The average Bonchev–Trinajstić information content (AvgIpc) is 3.04. The van der Waals surface area contributed by atoms with Crippen molar-refractivity contribution in [3.8, 4) is 0 Å². The molecule has 2 heterocycles. The molecule has 1 aromatic rings. The van der Waals surface area contributed by atoms with Gasteiger partial charge in [-0.3, -0.25) is 4.57 Å². The van der Waals surface area contributed by atoms with E-state index in [1.165, 1.54) is 28.8 Å². The van der Waals surface area contributed by atoms with E-state index in [1.54, 1.807) is 6.20 Å². The molecule has 1 aromatic heterocycles. The molecule has 1 aliphatic heterocycles. The fraction of sp³-hybridized carbons (Fsp3) is 0.722. The Balaban J connectivity index is 1.63. The Morgan fingerprint density at radius 3 is 2.92 bits per heavy atom. The Morgan fingerprint density at radius 1 is 1.46 bits per heavy atom. The number of esters is 1. The van der Waals surface area contributed by atoms with Gasteiger partial charge < -0.3 is 15.2 Å². The third-order valence-electron chi connectivity index (χ3n) is 5.25. The lowest BCUT2D eigenvalue weighted by atomic mass is 9.75. The summed E-state index contributed by atoms with van der Waals surface area (Å²) in [7, 11) is 0. The van der Waals surface area contributed by atoms with Crippen LogP contribution in [0.5, 0.6) is 0 Å². The molecule has 0 radical (unpaired) electrons. The molecule has 144 valence electrons. The first-order valence-electron chi connectivity index (χ1n) is 9.17. The second-order valence-electron chi connectivity index (χ2n) is 7.60. The number of carbonyl (C=O) groups excluding carboxylic acids is 1. The summed E-state index contributed by atoms with van der Waals surface area (Å²) in [6.07, 6.45) is 4.11. The van der Waals surface area contributed by atoms with Gasteiger partial charge in [0.15, 0.2) is 0 Å². The van der Waals surface area contributed by atoms with E-state index < -0.39 is 17.4 Å². The van der Waals surface area contributed by atoms with E-state index in [0.29, 0.717) is 23.5 Å². The second kappa shape index (κ2) is 8.00. The van der Waals surface area contributed by atoms with Gasteiger partial charge in [0.1, 0.15) is 18.1 Å². The van der Waals surface area contributed by atoms with E-state index in [4.69, 9.17) is 15.2 Å². The lowest BCUT2D eigenvalue weighted by Gasteiger charge is -2.37. The van der Waals surface area contributed by atoms with Crippen LogP contribution < -0.4 is 11.4 Å². The molecule has 0 spiro atoms. The van der Waals surface area contributed by atoms with Crippen molar-refractivity contribution in [3.63, 3.8) is 0 Å². The minimum absolute atomic E-state index is 0.0598. The van der Waals surface area contributed by atoms with E-state index in [9.17, 15) is 9.59 Å². The van der Waals surface area contributed by atoms with Crippen molar-refractivity contribution in [3.05, 3.63) is 22.7 Å². The van der Waals surface area contributed by atoms with Crippen molar-refractivity contribution < 1.29 is 14.3 Å². The maximum atomic E-state index is 12.6. The molecule has 2 fully saturated rings. The molecule has 7 nitrogen and oxygen atoms in total. The zero-order chi connectivity index (χ0) is 18.8. The van der Waals surface area contributed by atoms with Gasteiger partial charge in [0.2, 0.25) is 5.44 Å². The Bertz CT molecular complexity index is 708. The number of thioether (sulfide) groups is 1. The predicted octanol–water partition coefficient (Wildman–Crippen LogP) is 2.42. The van der Waals surface area contributed by atoms with Crippen LogP contribution in [0.3, 0.4) is 0 Å². The summed E-state index contributed by atoms with van der Waals surface area (Å²) in [6.45, 7) is 6.56. The number of hydrogen-bond donors (Lipinski definition) is 1. The summed E-state index contributed by atoms with van der Waals surface area (Å²) in [5.41, 5.74) is 4.32. The summed E-state index contributed by atoms with van der Waals surface area (Å²) < 4.78 is 13.0. The first-order chi connectivity index (χ1) is 12.3. The van der Waals surface area contributed by atoms with Crippen LogP contribution in [0.25, 0.3) is 0 Å². The monoisotopic (exact) mass is 381 g/mol. The fourth-order valence-corrected chi connectivity index (χ4v) is 4.74. The van der Waals surface area contributed by atoms with Gasteiger partial charge in [0.25, 0.3) is 0 Å². The van der Waals surface area contributed by atoms with Gasteiger partial charge in [-0.05, 0) is 36.7 Å². The Morgan fingerprint density at radius 2 is 2.23 bits per heavy atom. The van der Waals surface area contributed by atoms with Gasteiger partial charge >= 0.3 is 11.7 Å². The van der Waals surface area contributed by atoms with Crippen molar-refractivity contribution in [2.75, 3.05) is 11.5 Å². The average molecular weight is 381 g/mol. The molecule has 2 N–H and O–H groups in total. The van der Waals surface area contributed by atoms with Crippen LogP contribution in [0, 0.1) is 17.8 Å². The topological polar surface area (TPSA) is 96.4 Å². The second-order valence-corrected chi connectivity index (χ2v) is 8.69. The number of nitrogen functional groups attached to an aromatic ring is 1. The molecular formula is C18H27N3O4S. The molecule has 0 amide bonds. The van der Waals surface area contributed by atoms with Crippen LogP contribution in [0.1, 0.15) is 46.3 Å². The van der Waals surface area contributed by atoms with Crippen LogP contribution in [0.15, 0.2) is 17.1 Å². The van der Waals surface area contributed by atoms with Gasteiger partial charge in [-0.1, -0.05) is 27.2 Å². The molecule has 3 rings (SSSR count). The van der Waals surface area contributed by atoms with Crippen LogP contribution in [-0.4, -0.2) is 32.8 Å². The minimum atomic E-state index is -0.713. The molecule has 0 bridgehead atoms. The third-order valence-corrected chi connectivity index (χ3v) is 6.34. The number of ether oxygens (including phenoxy) is 2. The number of nitrogens with two attached hydrogens (primary N) is 1. The number of hydrogen-bond acceptors (Lipinski definition) is 7. The highest BCUT2D eigenvalue weighted by Crippen LogP contribution is 2.37. The number of aromatic nitrogens is 2. The molecule has 8 heteroatoms. The van der Waals surface area contributed by atoms with Crippen LogP contribution in [0.4, 0.5) is 5.82 Å². The molecule has 5 atom stereocenters. The summed E-state index contributed by atoms with van der Waals surface area (Å²) >= 11 is 1.35. The van der Waals surface area contributed by atoms with E-state index in [-0.39, 0.29) is 17.9 Å². The maximum absolute atomic E-state index is 12.6. The summed E-state index contributed by atoms with van der Waals surface area (Å²) in [4.78, 5) is 28.3. The SMILES string of the molecule is CC(C)[C@@H]1CC[C@@H](C)C[C@H]1OC(=O)C1O[C@@H](n2ccc(N)nc2=O)CS1. The van der Waals surface area contributed by atoms with Gasteiger partial charge in [-0.15, -0.1) is 11.8 Å². The van der Waals surface area contributed by atoms with Gasteiger partial charge in [0, 0.05) is 11.9 Å². The smallest absolute Gasteiger partial charge is 0.351 e. The van der Waals surface area contributed by atoms with Crippen LogP contribution in [0.2, 0.25) is 0 Å². The summed E-state index contributed by atoms with van der Waals surface area (Å²) in [5, 5.41) is 0. The lowest BCUT2D eigenvalue weighted by Crippen LogP contribution is -2.38.